The van der Waals surface area contributed by atoms with Crippen LogP contribution in [0.4, 0.5) is 11.6 Å². The smallest absolute Gasteiger partial charge is 0.247 e. The van der Waals surface area contributed by atoms with Gasteiger partial charge in [0.2, 0.25) is 10.0 Å². The fourth-order valence-electron chi connectivity index (χ4n) is 7.39. The topological polar surface area (TPSA) is 141 Å². The number of hydrogen-bond donors (Lipinski definition) is 2. The standard InChI is InChI=1S/C31H39N7O3S/c1-31(2)8-7-26-25(15-31)30(36-18-35-26)37-9-10-41-27-6-3-19(11-21(27)17-37)20-12-28(29(33)34-16-20)42(39,40)38-23-4-5-24(38)14-22(32)13-23/h3,6,11-12,16,18,22-24H,4-5,7-10,13-15,17,32H2,1-2H3,(H2,33,34). The van der Waals surface area contributed by atoms with Crippen LogP contribution in [0.2, 0.25) is 0 Å². The van der Waals surface area contributed by atoms with Crippen molar-refractivity contribution in [1.82, 2.24) is 19.3 Å². The van der Waals surface area contributed by atoms with E-state index in [-0.39, 0.29) is 34.3 Å². The molecule has 2 atom stereocenters. The Balaban J connectivity index is 1.21. The largest absolute Gasteiger partial charge is 0.491 e. The first kappa shape index (κ1) is 27.5. The Kier molecular flexibility index (Phi) is 6.67. The van der Waals surface area contributed by atoms with Crippen molar-refractivity contribution in [3.05, 3.63) is 53.6 Å². The maximum absolute atomic E-state index is 13.9. The molecular formula is C31H39N7O3S. The summed E-state index contributed by atoms with van der Waals surface area (Å²) >= 11 is 0. The Morgan fingerprint density at radius 3 is 2.62 bits per heavy atom. The van der Waals surface area contributed by atoms with Gasteiger partial charge in [0.1, 0.15) is 35.2 Å². The summed E-state index contributed by atoms with van der Waals surface area (Å²) < 4.78 is 35.7. The van der Waals surface area contributed by atoms with Gasteiger partial charge in [-0.2, -0.15) is 4.31 Å². The second kappa shape index (κ2) is 10.2. The number of nitrogens with two attached hydrogens (primary N) is 2. The number of hydrogen-bond acceptors (Lipinski definition) is 9. The van der Waals surface area contributed by atoms with Crippen molar-refractivity contribution in [2.45, 2.75) is 88.4 Å². The van der Waals surface area contributed by atoms with E-state index in [0.29, 0.717) is 38.1 Å². The molecule has 2 aromatic heterocycles. The number of ether oxygens (including phenoxy) is 1. The third kappa shape index (κ3) is 4.81. The van der Waals surface area contributed by atoms with Crippen LogP contribution in [-0.4, -0.2) is 59.0 Å². The van der Waals surface area contributed by atoms with Crippen molar-refractivity contribution in [3.8, 4) is 16.9 Å². The summed E-state index contributed by atoms with van der Waals surface area (Å²) in [6.07, 6.45) is 9.37. The normalized spacial score (nSPS) is 25.3. The molecule has 2 fully saturated rings. The van der Waals surface area contributed by atoms with E-state index in [2.05, 4.69) is 34.8 Å². The van der Waals surface area contributed by atoms with Crippen LogP contribution in [0.5, 0.6) is 5.75 Å². The van der Waals surface area contributed by atoms with Crippen molar-refractivity contribution >= 4 is 21.7 Å². The molecule has 2 unspecified atom stereocenters. The zero-order valence-electron chi connectivity index (χ0n) is 24.3. The molecule has 2 saturated heterocycles. The zero-order chi connectivity index (χ0) is 29.2. The number of sulfonamides is 1. The number of aromatic nitrogens is 3. The van der Waals surface area contributed by atoms with Crippen LogP contribution in [0.25, 0.3) is 11.1 Å². The van der Waals surface area contributed by atoms with Gasteiger partial charge in [0, 0.05) is 53.3 Å². The van der Waals surface area contributed by atoms with E-state index in [4.69, 9.17) is 21.2 Å². The second-order valence-corrected chi connectivity index (χ2v) is 14.9. The van der Waals surface area contributed by atoms with Crippen LogP contribution in [0, 0.1) is 5.41 Å². The van der Waals surface area contributed by atoms with E-state index in [1.807, 2.05) is 12.1 Å². The number of anilines is 2. The van der Waals surface area contributed by atoms with Crippen LogP contribution < -0.4 is 21.1 Å². The highest BCUT2D eigenvalue weighted by molar-refractivity contribution is 7.89. The molecule has 0 saturated carbocycles. The summed E-state index contributed by atoms with van der Waals surface area (Å²) in [4.78, 5) is 16.0. The van der Waals surface area contributed by atoms with Crippen LogP contribution in [-0.2, 0) is 29.4 Å². The molecule has 4 aliphatic rings. The zero-order valence-corrected chi connectivity index (χ0v) is 25.1. The lowest BCUT2D eigenvalue weighted by atomic mass is 9.76. The van der Waals surface area contributed by atoms with Crippen LogP contribution in [0.15, 0.2) is 41.7 Å². The molecular weight excluding hydrogens is 550 g/mol. The Morgan fingerprint density at radius 2 is 1.83 bits per heavy atom. The fourth-order valence-corrected chi connectivity index (χ4v) is 9.38. The van der Waals surface area contributed by atoms with Gasteiger partial charge in [-0.1, -0.05) is 19.9 Å². The number of benzene rings is 1. The lowest BCUT2D eigenvalue weighted by molar-refractivity contribution is 0.227. The van der Waals surface area contributed by atoms with Crippen molar-refractivity contribution in [3.63, 3.8) is 0 Å². The minimum Gasteiger partial charge on any atom is -0.491 e. The summed E-state index contributed by atoms with van der Waals surface area (Å²) in [7, 11) is -3.83. The molecule has 1 aliphatic carbocycles. The predicted molar refractivity (Wildman–Crippen MR) is 162 cm³/mol. The molecule has 5 heterocycles. The third-order valence-corrected chi connectivity index (χ3v) is 11.6. The maximum atomic E-state index is 13.9. The molecule has 10 nitrogen and oxygen atoms in total. The van der Waals surface area contributed by atoms with E-state index < -0.39 is 10.0 Å². The fraction of sp³-hybridized carbons (Fsp3) is 0.516. The van der Waals surface area contributed by atoms with E-state index in [0.717, 1.165) is 60.5 Å². The van der Waals surface area contributed by atoms with Gasteiger partial charge in [-0.25, -0.2) is 23.4 Å². The first-order valence-corrected chi connectivity index (χ1v) is 16.4. The molecule has 0 spiro atoms. The number of pyridine rings is 1. The van der Waals surface area contributed by atoms with E-state index >= 15 is 0 Å². The highest BCUT2D eigenvalue weighted by Crippen LogP contribution is 2.42. The van der Waals surface area contributed by atoms with Gasteiger partial charge >= 0.3 is 0 Å². The van der Waals surface area contributed by atoms with Crippen molar-refractivity contribution in [2.75, 3.05) is 23.8 Å². The van der Waals surface area contributed by atoms with Crippen LogP contribution >= 0.6 is 0 Å². The Labute approximate surface area is 247 Å². The number of nitrogens with zero attached hydrogens (tertiary/aromatic N) is 5. The number of aryl methyl sites for hydroxylation is 1. The number of fused-ring (bicyclic) bond motifs is 4. The molecule has 0 amide bonds. The van der Waals surface area contributed by atoms with Crippen molar-refractivity contribution < 1.29 is 13.2 Å². The van der Waals surface area contributed by atoms with Gasteiger partial charge in [0.25, 0.3) is 0 Å². The lowest BCUT2D eigenvalue weighted by Gasteiger charge is -2.36. The summed E-state index contributed by atoms with van der Waals surface area (Å²) in [6.45, 7) is 6.49. The van der Waals surface area contributed by atoms with E-state index in [1.54, 1.807) is 22.9 Å². The van der Waals surface area contributed by atoms with Crippen LogP contribution in [0.1, 0.15) is 62.8 Å². The Bertz CT molecular complexity index is 1630. The SMILES string of the molecule is CC1(C)CCc2ncnc(N3CCOc4ccc(-c5cnc(N)c(S(=O)(=O)N6C7CCC6CC(N)C7)c5)cc4C3)c2C1. The van der Waals surface area contributed by atoms with Crippen molar-refractivity contribution in [1.29, 1.82) is 0 Å². The average Bonchev–Trinajstić information content (AvgIpc) is 3.10. The van der Waals surface area contributed by atoms with E-state index in [9.17, 15) is 8.42 Å². The molecule has 2 bridgehead atoms. The number of piperidine rings is 1. The molecule has 222 valence electrons. The third-order valence-electron chi connectivity index (χ3n) is 9.52. The van der Waals surface area contributed by atoms with Gasteiger partial charge in [-0.3, -0.25) is 0 Å². The van der Waals surface area contributed by atoms with Gasteiger partial charge in [0.05, 0.1) is 6.54 Å². The van der Waals surface area contributed by atoms with Gasteiger partial charge < -0.3 is 21.1 Å². The maximum Gasteiger partial charge on any atom is 0.247 e. The molecule has 3 aromatic rings. The minimum absolute atomic E-state index is 0.0220. The van der Waals surface area contributed by atoms with Gasteiger partial charge in [-0.15, -0.1) is 0 Å². The van der Waals surface area contributed by atoms with E-state index in [1.165, 1.54) is 5.56 Å². The highest BCUT2D eigenvalue weighted by Gasteiger charge is 2.47. The molecule has 1 aromatic carbocycles. The van der Waals surface area contributed by atoms with Gasteiger partial charge in [-0.05, 0) is 74.1 Å². The first-order valence-electron chi connectivity index (χ1n) is 15.0. The molecule has 7 rings (SSSR count). The Hall–Kier alpha value is -3.28. The highest BCUT2D eigenvalue weighted by atomic mass is 32.2. The molecule has 0 radical (unpaired) electrons. The molecule has 42 heavy (non-hydrogen) atoms. The summed E-state index contributed by atoms with van der Waals surface area (Å²) in [5.74, 6) is 1.82. The van der Waals surface area contributed by atoms with Gasteiger partial charge in [0.15, 0.2) is 0 Å². The molecule has 4 N–H and O–H groups in total. The first-order chi connectivity index (χ1) is 20.1. The number of nitrogen functional groups attached to an aromatic ring is 1. The monoisotopic (exact) mass is 589 g/mol. The summed E-state index contributed by atoms with van der Waals surface area (Å²) in [5, 5.41) is 0. The second-order valence-electron chi connectivity index (χ2n) is 13.1. The van der Waals surface area contributed by atoms with Crippen LogP contribution in [0.3, 0.4) is 0 Å². The summed E-state index contributed by atoms with van der Waals surface area (Å²) in [6, 6.07) is 7.53. The summed E-state index contributed by atoms with van der Waals surface area (Å²) in [5.41, 5.74) is 17.6. The minimum atomic E-state index is -3.83. The lowest BCUT2D eigenvalue weighted by Crippen LogP contribution is -2.50. The average molecular weight is 590 g/mol. The Morgan fingerprint density at radius 1 is 1.05 bits per heavy atom. The predicted octanol–water partition coefficient (Wildman–Crippen LogP) is 3.68. The molecule has 3 aliphatic heterocycles. The molecule has 11 heteroatoms. The number of rotatable bonds is 4. The van der Waals surface area contributed by atoms with Crippen molar-refractivity contribution in [2.24, 2.45) is 11.1 Å². The quantitative estimate of drug-likeness (QED) is 0.466.